The first-order chi connectivity index (χ1) is 17.5. The van der Waals surface area contributed by atoms with Gasteiger partial charge in [-0.2, -0.15) is 0 Å². The molecule has 2 heterocycles. The predicted molar refractivity (Wildman–Crippen MR) is 136 cm³/mol. The minimum absolute atomic E-state index is 0.204. The van der Waals surface area contributed by atoms with Gasteiger partial charge in [-0.3, -0.25) is 0 Å². The average molecular weight is 642 g/mol. The summed E-state index contributed by atoms with van der Waals surface area (Å²) in [4.78, 5) is 23.0. The van der Waals surface area contributed by atoms with Gasteiger partial charge in [-0.05, 0) is 0 Å². The molecule has 12 heteroatoms. The molecule has 0 N–H and O–H groups in total. The zero-order valence-electron chi connectivity index (χ0n) is 18.4. The van der Waals surface area contributed by atoms with E-state index < -0.39 is 58.2 Å². The molecule has 0 saturated heterocycles. The molecule has 0 spiro atoms. The Morgan fingerprint density at radius 2 is 1.14 bits per heavy atom. The summed E-state index contributed by atoms with van der Waals surface area (Å²) in [5.74, 6) is 0. The van der Waals surface area contributed by atoms with Crippen molar-refractivity contribution in [3.8, 4) is 0 Å². The van der Waals surface area contributed by atoms with Gasteiger partial charge in [0.25, 0.3) is 0 Å². The molecule has 0 amide bonds. The topological polar surface area (TPSA) is 104 Å². The van der Waals surface area contributed by atoms with Crippen molar-refractivity contribution < 1.29 is 32.9 Å². The molecule has 2 aromatic heterocycles. The monoisotopic (exact) mass is 642 g/mol. The molecule has 0 aliphatic heterocycles. The minimum atomic E-state index is -4.63. The Morgan fingerprint density at radius 3 is 1.59 bits per heavy atom. The fourth-order valence-electron chi connectivity index (χ4n) is 3.41. The van der Waals surface area contributed by atoms with Gasteiger partial charge in [0, 0.05) is 0 Å². The first-order valence-corrected chi connectivity index (χ1v) is 14.8. The third-order valence-corrected chi connectivity index (χ3v) is 12.4. The van der Waals surface area contributed by atoms with Crippen LogP contribution in [0.2, 0.25) is 0 Å². The van der Waals surface area contributed by atoms with Crippen LogP contribution < -0.4 is 11.3 Å². The molecule has 0 atom stereocenters. The molecule has 0 radical (unpaired) electrons. The van der Waals surface area contributed by atoms with E-state index in [1.54, 1.807) is 36.4 Å². The second kappa shape index (κ2) is 9.43. The summed E-state index contributed by atoms with van der Waals surface area (Å²) in [7, 11) is -4.52. The number of hydrogen-bond donors (Lipinski definition) is 0. The van der Waals surface area contributed by atoms with Crippen LogP contribution in [0, 0.1) is 7.14 Å². The Bertz CT molecular complexity index is 1770. The fraction of sp³-hybridized carbons (Fsp3) is 0.0400. The van der Waals surface area contributed by atoms with Crippen molar-refractivity contribution >= 4 is 52.3 Å². The summed E-state index contributed by atoms with van der Waals surface area (Å²) >= 11 is -3.41. The number of hydrogen-bond acceptors (Lipinski definition) is 7. The van der Waals surface area contributed by atoms with E-state index in [0.717, 1.165) is 12.1 Å². The Morgan fingerprint density at radius 1 is 0.676 bits per heavy atom. The van der Waals surface area contributed by atoms with Crippen molar-refractivity contribution in [1.82, 2.24) is 0 Å². The van der Waals surface area contributed by atoms with Gasteiger partial charge in [-0.25, -0.2) is 0 Å². The van der Waals surface area contributed by atoms with Crippen LogP contribution in [0.1, 0.15) is 5.56 Å². The molecule has 5 rings (SSSR count). The Balaban J connectivity index is 1.63. The molecule has 0 unspecified atom stereocenters. The summed E-state index contributed by atoms with van der Waals surface area (Å²) in [6.07, 6.45) is -4.63. The first-order valence-electron chi connectivity index (χ1n) is 10.4. The van der Waals surface area contributed by atoms with Gasteiger partial charge in [0.1, 0.15) is 0 Å². The standard InChI is InChI=1S/C25H14F3IO7S/c26-25(27,28)17-5-9-20(10-6-17)37(32,33)36-29(18-7-1-15-3-11-23(30)34-21(15)13-18)19-8-2-16-4-12-24(31)35-22(16)14-19/h1-14H. The van der Waals surface area contributed by atoms with Crippen molar-refractivity contribution in [2.24, 2.45) is 0 Å². The molecule has 3 aromatic carbocycles. The van der Waals surface area contributed by atoms with Crippen LogP contribution in [0.4, 0.5) is 13.2 Å². The molecule has 0 aliphatic carbocycles. The van der Waals surface area contributed by atoms with E-state index >= 15 is 0 Å². The zero-order valence-corrected chi connectivity index (χ0v) is 21.3. The van der Waals surface area contributed by atoms with Crippen LogP contribution in [0.25, 0.3) is 21.9 Å². The number of alkyl halides is 3. The maximum atomic E-state index is 13.2. The Labute approximate surface area is 214 Å². The van der Waals surface area contributed by atoms with E-state index in [9.17, 15) is 31.2 Å². The van der Waals surface area contributed by atoms with Gasteiger partial charge in [-0.1, -0.05) is 0 Å². The summed E-state index contributed by atoms with van der Waals surface area (Å²) < 4.78 is 82.2. The Hall–Kier alpha value is -3.49. The first kappa shape index (κ1) is 25.2. The molecule has 0 saturated carbocycles. The van der Waals surface area contributed by atoms with E-state index in [-0.39, 0.29) is 11.2 Å². The molecular formula is C25H14F3IO7S. The third kappa shape index (κ3) is 5.31. The quantitative estimate of drug-likeness (QED) is 0.177. The van der Waals surface area contributed by atoms with Gasteiger partial charge >= 0.3 is 215 Å². The second-order valence-electron chi connectivity index (χ2n) is 7.66. The van der Waals surface area contributed by atoms with Crippen molar-refractivity contribution in [3.63, 3.8) is 0 Å². The molecule has 0 bridgehead atoms. The van der Waals surface area contributed by atoms with Gasteiger partial charge < -0.3 is 0 Å². The molecule has 7 nitrogen and oxygen atoms in total. The van der Waals surface area contributed by atoms with E-state index in [4.69, 9.17) is 11.3 Å². The number of benzene rings is 3. The summed E-state index contributed by atoms with van der Waals surface area (Å²) in [6.45, 7) is 0. The average Bonchev–Trinajstić information content (AvgIpc) is 2.86. The van der Waals surface area contributed by atoms with Crippen LogP contribution in [0.5, 0.6) is 0 Å². The van der Waals surface area contributed by atoms with Crippen molar-refractivity contribution in [2.75, 3.05) is 0 Å². The Kier molecular flexibility index (Phi) is 6.41. The molecule has 37 heavy (non-hydrogen) atoms. The number of fused-ring (bicyclic) bond motifs is 2. The molecule has 0 aliphatic rings. The van der Waals surface area contributed by atoms with Crippen molar-refractivity contribution in [3.05, 3.63) is 118 Å². The summed E-state index contributed by atoms with van der Waals surface area (Å²) in [6, 6.07) is 18.1. The van der Waals surface area contributed by atoms with Crippen LogP contribution in [-0.2, 0) is 18.8 Å². The molecule has 190 valence electrons. The third-order valence-electron chi connectivity index (χ3n) is 5.18. The van der Waals surface area contributed by atoms with Gasteiger partial charge in [0.2, 0.25) is 0 Å². The van der Waals surface area contributed by atoms with Gasteiger partial charge in [0.05, 0.1) is 0 Å². The summed E-state index contributed by atoms with van der Waals surface area (Å²) in [5, 5.41) is 1.18. The molecular weight excluding hydrogens is 628 g/mol. The van der Waals surface area contributed by atoms with Crippen LogP contribution in [0.15, 0.2) is 108 Å². The van der Waals surface area contributed by atoms with E-state index in [1.165, 1.54) is 24.3 Å². The van der Waals surface area contributed by atoms with Gasteiger partial charge in [0.15, 0.2) is 0 Å². The number of halogens is 4. The van der Waals surface area contributed by atoms with Crippen LogP contribution >= 0.6 is 20.2 Å². The molecule has 0 fully saturated rings. The second-order valence-corrected chi connectivity index (χ2v) is 14.2. The molecule has 5 aromatic rings. The number of rotatable bonds is 5. The zero-order chi connectivity index (χ0) is 26.4. The van der Waals surface area contributed by atoms with Crippen LogP contribution in [0.3, 0.4) is 0 Å². The van der Waals surface area contributed by atoms with E-state index in [0.29, 0.717) is 30.0 Å². The fourth-order valence-corrected chi connectivity index (χ4v) is 10.4. The normalized spacial score (nSPS) is 12.7. The maximum absolute atomic E-state index is 13.2. The predicted octanol–water partition coefficient (Wildman–Crippen LogP) is 5.78. The summed E-state index contributed by atoms with van der Waals surface area (Å²) in [5.41, 5.74) is -1.80. The SMILES string of the molecule is O=c1ccc2ccc(I(OS(=O)(=O)c3ccc(C(F)(F)F)cc3)c3ccc4ccc(=O)oc4c3)cc2o1. The van der Waals surface area contributed by atoms with Crippen LogP contribution in [-0.4, -0.2) is 8.42 Å². The van der Waals surface area contributed by atoms with Crippen molar-refractivity contribution in [2.45, 2.75) is 11.1 Å². The van der Waals surface area contributed by atoms with E-state index in [2.05, 4.69) is 0 Å². The van der Waals surface area contributed by atoms with Gasteiger partial charge in [-0.15, -0.1) is 0 Å². The van der Waals surface area contributed by atoms with Crippen molar-refractivity contribution in [1.29, 1.82) is 0 Å². The van der Waals surface area contributed by atoms with E-state index in [1.807, 2.05) is 0 Å².